The molecule has 0 radical (unpaired) electrons. The predicted molar refractivity (Wildman–Crippen MR) is 47.4 cm³/mol. The van der Waals surface area contributed by atoms with E-state index >= 15 is 0 Å². The smallest absolute Gasteiger partial charge is 0.423 e. The molecule has 1 aliphatic rings. The standard InChI is InChI=1S/C8H8BNO3/c11-8-7-5(4-10-8)2-1-3-6(7)9(12)13/h1-3,12-13H,4H2,(H,10,11). The van der Waals surface area contributed by atoms with Gasteiger partial charge < -0.3 is 15.4 Å². The van der Waals surface area contributed by atoms with Gasteiger partial charge in [-0.3, -0.25) is 4.79 Å². The number of benzene rings is 1. The molecule has 1 heterocycles. The maximum atomic E-state index is 11.3. The first-order valence-electron chi connectivity index (χ1n) is 3.96. The lowest BCUT2D eigenvalue weighted by Crippen LogP contribution is -2.35. The molecule has 0 fully saturated rings. The minimum Gasteiger partial charge on any atom is -0.423 e. The lowest BCUT2D eigenvalue weighted by Gasteiger charge is -2.03. The van der Waals surface area contributed by atoms with E-state index < -0.39 is 7.12 Å². The van der Waals surface area contributed by atoms with Gasteiger partial charge in [0.1, 0.15) is 0 Å². The van der Waals surface area contributed by atoms with Crippen molar-refractivity contribution in [2.75, 3.05) is 0 Å². The number of nitrogens with one attached hydrogen (secondary N) is 1. The van der Waals surface area contributed by atoms with Gasteiger partial charge in [0.25, 0.3) is 5.91 Å². The van der Waals surface area contributed by atoms with Crippen molar-refractivity contribution in [2.24, 2.45) is 0 Å². The van der Waals surface area contributed by atoms with Gasteiger partial charge in [-0.25, -0.2) is 0 Å². The molecular formula is C8H8BNO3. The molecule has 0 atom stereocenters. The summed E-state index contributed by atoms with van der Waals surface area (Å²) in [6, 6.07) is 5.03. The molecule has 0 aromatic heterocycles. The van der Waals surface area contributed by atoms with Crippen LogP contribution in [0.3, 0.4) is 0 Å². The number of hydrogen-bond acceptors (Lipinski definition) is 3. The molecule has 66 valence electrons. The fourth-order valence-electron chi connectivity index (χ4n) is 1.52. The molecule has 0 saturated carbocycles. The first-order valence-corrected chi connectivity index (χ1v) is 3.96. The van der Waals surface area contributed by atoms with Gasteiger partial charge in [0, 0.05) is 12.1 Å². The second-order valence-electron chi connectivity index (χ2n) is 2.94. The van der Waals surface area contributed by atoms with Crippen LogP contribution in [0, 0.1) is 0 Å². The van der Waals surface area contributed by atoms with Crippen LogP contribution in [0.15, 0.2) is 18.2 Å². The molecule has 0 bridgehead atoms. The zero-order valence-corrected chi connectivity index (χ0v) is 6.82. The largest absolute Gasteiger partial charge is 0.489 e. The summed E-state index contributed by atoms with van der Waals surface area (Å²) in [6.07, 6.45) is 0. The predicted octanol–water partition coefficient (Wildman–Crippen LogP) is -1.39. The maximum Gasteiger partial charge on any atom is 0.489 e. The number of amides is 1. The zero-order valence-electron chi connectivity index (χ0n) is 6.82. The lowest BCUT2D eigenvalue weighted by molar-refractivity contribution is 0.0966. The third-order valence-electron chi connectivity index (χ3n) is 2.13. The van der Waals surface area contributed by atoms with Crippen molar-refractivity contribution in [1.29, 1.82) is 0 Å². The molecule has 0 saturated heterocycles. The topological polar surface area (TPSA) is 69.6 Å². The SMILES string of the molecule is O=C1NCc2cccc(B(O)O)c21. The Kier molecular flexibility index (Phi) is 1.83. The summed E-state index contributed by atoms with van der Waals surface area (Å²) in [7, 11) is -1.58. The van der Waals surface area contributed by atoms with Gasteiger partial charge in [0.2, 0.25) is 0 Å². The van der Waals surface area contributed by atoms with Crippen molar-refractivity contribution in [3.8, 4) is 0 Å². The number of fused-ring (bicyclic) bond motifs is 1. The molecule has 2 rings (SSSR count). The van der Waals surface area contributed by atoms with Gasteiger partial charge in [-0.05, 0) is 11.0 Å². The second-order valence-corrected chi connectivity index (χ2v) is 2.94. The molecule has 1 aliphatic heterocycles. The van der Waals surface area contributed by atoms with E-state index in [9.17, 15) is 4.79 Å². The van der Waals surface area contributed by atoms with Gasteiger partial charge in [0.05, 0.1) is 0 Å². The van der Waals surface area contributed by atoms with E-state index in [1.165, 1.54) is 6.07 Å². The van der Waals surface area contributed by atoms with Crippen LogP contribution < -0.4 is 10.8 Å². The van der Waals surface area contributed by atoms with Gasteiger partial charge in [0.15, 0.2) is 0 Å². The fraction of sp³-hybridized carbons (Fsp3) is 0.125. The zero-order chi connectivity index (χ0) is 9.42. The highest BCUT2D eigenvalue weighted by atomic mass is 16.4. The summed E-state index contributed by atoms with van der Waals surface area (Å²) >= 11 is 0. The number of rotatable bonds is 1. The molecular weight excluding hydrogens is 169 g/mol. The van der Waals surface area contributed by atoms with Gasteiger partial charge in [-0.15, -0.1) is 0 Å². The van der Waals surface area contributed by atoms with Gasteiger partial charge in [-0.2, -0.15) is 0 Å². The average molecular weight is 177 g/mol. The third kappa shape index (κ3) is 1.22. The molecule has 5 heteroatoms. The first-order chi connectivity index (χ1) is 6.20. The van der Waals surface area contributed by atoms with Crippen LogP contribution in [-0.2, 0) is 6.54 Å². The van der Waals surface area contributed by atoms with E-state index in [1.54, 1.807) is 12.1 Å². The van der Waals surface area contributed by atoms with E-state index in [2.05, 4.69) is 5.32 Å². The Morgan fingerprint density at radius 2 is 2.15 bits per heavy atom. The van der Waals surface area contributed by atoms with Crippen LogP contribution in [-0.4, -0.2) is 23.1 Å². The molecule has 1 amide bonds. The third-order valence-corrected chi connectivity index (χ3v) is 2.13. The monoisotopic (exact) mass is 177 g/mol. The second kappa shape index (κ2) is 2.87. The Hall–Kier alpha value is -1.33. The summed E-state index contributed by atoms with van der Waals surface area (Å²) in [5, 5.41) is 20.6. The summed E-state index contributed by atoms with van der Waals surface area (Å²) < 4.78 is 0. The first kappa shape index (κ1) is 8.28. The molecule has 1 aromatic carbocycles. The normalized spacial score (nSPS) is 13.8. The summed E-state index contributed by atoms with van der Waals surface area (Å²) in [4.78, 5) is 11.3. The highest BCUT2D eigenvalue weighted by molar-refractivity contribution is 6.60. The molecule has 4 nitrogen and oxygen atoms in total. The summed E-state index contributed by atoms with van der Waals surface area (Å²) in [6.45, 7) is 0.467. The average Bonchev–Trinajstić information content (AvgIpc) is 2.48. The minimum atomic E-state index is -1.58. The minimum absolute atomic E-state index is 0.237. The summed E-state index contributed by atoms with van der Waals surface area (Å²) in [5.41, 5.74) is 1.49. The van der Waals surface area contributed by atoms with Crippen LogP contribution in [0.25, 0.3) is 0 Å². The Balaban J connectivity index is 2.60. The Morgan fingerprint density at radius 1 is 1.38 bits per heavy atom. The number of hydrogen-bond donors (Lipinski definition) is 3. The van der Waals surface area contributed by atoms with Crippen molar-refractivity contribution in [2.45, 2.75) is 6.54 Å². The van der Waals surface area contributed by atoms with E-state index in [1.807, 2.05) is 0 Å². The highest BCUT2D eigenvalue weighted by Crippen LogP contribution is 2.12. The van der Waals surface area contributed by atoms with Crippen molar-refractivity contribution < 1.29 is 14.8 Å². The van der Waals surface area contributed by atoms with Crippen molar-refractivity contribution in [3.63, 3.8) is 0 Å². The summed E-state index contributed by atoms with van der Waals surface area (Å²) in [5.74, 6) is -0.237. The van der Waals surface area contributed by atoms with Crippen LogP contribution in [0.4, 0.5) is 0 Å². The van der Waals surface area contributed by atoms with Crippen LogP contribution in [0.5, 0.6) is 0 Å². The quantitative estimate of drug-likeness (QED) is 0.462. The van der Waals surface area contributed by atoms with Crippen LogP contribution >= 0.6 is 0 Å². The Labute approximate surface area is 75.3 Å². The number of carbonyl (C=O) groups is 1. The van der Waals surface area contributed by atoms with E-state index in [0.29, 0.717) is 12.1 Å². The fourth-order valence-corrected chi connectivity index (χ4v) is 1.52. The van der Waals surface area contributed by atoms with Crippen molar-refractivity contribution >= 4 is 18.5 Å². The molecule has 0 aliphatic carbocycles. The van der Waals surface area contributed by atoms with Crippen molar-refractivity contribution in [1.82, 2.24) is 5.32 Å². The van der Waals surface area contributed by atoms with Crippen LogP contribution in [0.2, 0.25) is 0 Å². The Morgan fingerprint density at radius 3 is 2.85 bits per heavy atom. The molecule has 0 unspecified atom stereocenters. The number of carbonyl (C=O) groups excluding carboxylic acids is 1. The maximum absolute atomic E-state index is 11.3. The Bertz CT molecular complexity index is 364. The van der Waals surface area contributed by atoms with E-state index in [0.717, 1.165) is 5.56 Å². The van der Waals surface area contributed by atoms with Crippen LogP contribution in [0.1, 0.15) is 15.9 Å². The van der Waals surface area contributed by atoms with E-state index in [4.69, 9.17) is 10.0 Å². The molecule has 1 aromatic rings. The lowest BCUT2D eigenvalue weighted by atomic mass is 9.76. The van der Waals surface area contributed by atoms with Crippen molar-refractivity contribution in [3.05, 3.63) is 29.3 Å². The molecule has 3 N–H and O–H groups in total. The van der Waals surface area contributed by atoms with Gasteiger partial charge >= 0.3 is 7.12 Å². The van der Waals surface area contributed by atoms with Gasteiger partial charge in [-0.1, -0.05) is 18.2 Å². The molecule has 13 heavy (non-hydrogen) atoms. The van der Waals surface area contributed by atoms with E-state index in [-0.39, 0.29) is 11.4 Å². The molecule has 0 spiro atoms. The highest BCUT2D eigenvalue weighted by Gasteiger charge is 2.26.